The Labute approximate surface area is 161 Å². The molecule has 0 radical (unpaired) electrons. The Hall–Kier alpha value is -3.87. The quantitative estimate of drug-likeness (QED) is 0.406. The van der Waals surface area contributed by atoms with E-state index < -0.39 is 5.97 Å². The maximum atomic E-state index is 13.0. The molecule has 2 aromatic rings. The number of carboxylic acids is 1. The highest BCUT2D eigenvalue weighted by atomic mass is 16.5. The Bertz CT molecular complexity index is 989. The SMILES string of the molecule is COC1=C(c2ccc(C=CC(=O)O)cc2)C(=O)N(c2ccc(C(=N)N)cc2)C1. The molecule has 1 amide bonds. The van der Waals surface area contributed by atoms with Gasteiger partial charge in [0.05, 0.1) is 19.2 Å². The van der Waals surface area contributed by atoms with Crippen LogP contribution in [0.2, 0.25) is 0 Å². The number of hydrogen-bond acceptors (Lipinski definition) is 4. The van der Waals surface area contributed by atoms with Crippen LogP contribution in [0.4, 0.5) is 5.69 Å². The molecule has 1 aliphatic rings. The number of anilines is 1. The summed E-state index contributed by atoms with van der Waals surface area (Å²) < 4.78 is 5.44. The van der Waals surface area contributed by atoms with Gasteiger partial charge in [-0.3, -0.25) is 10.2 Å². The zero-order valence-electron chi connectivity index (χ0n) is 15.2. The number of benzene rings is 2. The van der Waals surface area contributed by atoms with Crippen LogP contribution in [0, 0.1) is 5.41 Å². The van der Waals surface area contributed by atoms with Crippen LogP contribution in [0.1, 0.15) is 16.7 Å². The smallest absolute Gasteiger partial charge is 0.328 e. The summed E-state index contributed by atoms with van der Waals surface area (Å²) in [5.41, 5.74) is 8.61. The van der Waals surface area contributed by atoms with Crippen molar-refractivity contribution in [1.82, 2.24) is 0 Å². The standard InChI is InChI=1S/C21H19N3O4/c1-28-17-12-24(16-9-7-15(8-10-16)20(22)23)21(27)19(17)14-5-2-13(3-6-14)4-11-18(25)26/h2-11H,12H2,1H3,(H3,22,23)(H,25,26). The summed E-state index contributed by atoms with van der Waals surface area (Å²) in [4.78, 5) is 25.2. The van der Waals surface area contributed by atoms with E-state index in [1.54, 1.807) is 53.4 Å². The van der Waals surface area contributed by atoms with Gasteiger partial charge in [-0.2, -0.15) is 0 Å². The van der Waals surface area contributed by atoms with Gasteiger partial charge in [-0.1, -0.05) is 24.3 Å². The van der Waals surface area contributed by atoms with Crippen molar-refractivity contribution in [3.05, 3.63) is 77.1 Å². The van der Waals surface area contributed by atoms with Gasteiger partial charge in [-0.15, -0.1) is 0 Å². The van der Waals surface area contributed by atoms with Crippen LogP contribution in [0.25, 0.3) is 11.6 Å². The molecule has 0 atom stereocenters. The van der Waals surface area contributed by atoms with Crippen LogP contribution in [0.5, 0.6) is 0 Å². The molecule has 0 saturated carbocycles. The zero-order chi connectivity index (χ0) is 20.3. The number of aliphatic carboxylic acids is 1. The minimum absolute atomic E-state index is 0.0345. The summed E-state index contributed by atoms with van der Waals surface area (Å²) in [6, 6.07) is 13.9. The monoisotopic (exact) mass is 377 g/mol. The van der Waals surface area contributed by atoms with E-state index >= 15 is 0 Å². The molecule has 0 fully saturated rings. The predicted octanol–water partition coefficient (Wildman–Crippen LogP) is 2.47. The molecule has 7 nitrogen and oxygen atoms in total. The maximum absolute atomic E-state index is 13.0. The highest BCUT2D eigenvalue weighted by Crippen LogP contribution is 2.32. The number of amidine groups is 1. The third-order valence-electron chi connectivity index (χ3n) is 4.39. The van der Waals surface area contributed by atoms with Crippen LogP contribution in [-0.2, 0) is 14.3 Å². The Morgan fingerprint density at radius 2 is 1.82 bits per heavy atom. The lowest BCUT2D eigenvalue weighted by Crippen LogP contribution is -2.26. The number of methoxy groups -OCH3 is 1. The lowest BCUT2D eigenvalue weighted by molar-refractivity contribution is -0.131. The Kier molecular flexibility index (Phi) is 5.26. The summed E-state index contributed by atoms with van der Waals surface area (Å²) in [5, 5.41) is 16.2. The average Bonchev–Trinajstić information content (AvgIpc) is 3.03. The summed E-state index contributed by atoms with van der Waals surface area (Å²) in [7, 11) is 1.52. The van der Waals surface area contributed by atoms with Crippen molar-refractivity contribution in [2.75, 3.05) is 18.6 Å². The van der Waals surface area contributed by atoms with Crippen molar-refractivity contribution in [2.45, 2.75) is 0 Å². The molecule has 0 saturated heterocycles. The van der Waals surface area contributed by atoms with E-state index in [-0.39, 0.29) is 11.7 Å². The number of nitrogen functional groups attached to an aromatic ring is 1. The Morgan fingerprint density at radius 1 is 1.18 bits per heavy atom. The van der Waals surface area contributed by atoms with Crippen LogP contribution in [0.3, 0.4) is 0 Å². The van der Waals surface area contributed by atoms with Crippen LogP contribution in [-0.4, -0.2) is 36.5 Å². The van der Waals surface area contributed by atoms with Crippen LogP contribution in [0.15, 0.2) is 60.4 Å². The van der Waals surface area contributed by atoms with E-state index in [0.29, 0.717) is 40.3 Å². The predicted molar refractivity (Wildman–Crippen MR) is 107 cm³/mol. The summed E-state index contributed by atoms with van der Waals surface area (Å²) in [6.07, 6.45) is 2.54. The molecule has 0 spiro atoms. The van der Waals surface area contributed by atoms with E-state index in [0.717, 1.165) is 6.08 Å². The van der Waals surface area contributed by atoms with E-state index in [1.165, 1.54) is 13.2 Å². The first-order chi connectivity index (χ1) is 13.4. The highest BCUT2D eigenvalue weighted by molar-refractivity contribution is 6.29. The third-order valence-corrected chi connectivity index (χ3v) is 4.39. The van der Waals surface area contributed by atoms with Crippen molar-refractivity contribution in [3.8, 4) is 0 Å². The fourth-order valence-electron chi connectivity index (χ4n) is 2.96. The van der Waals surface area contributed by atoms with Crippen molar-refractivity contribution in [3.63, 3.8) is 0 Å². The van der Waals surface area contributed by atoms with Gasteiger partial charge in [0.2, 0.25) is 0 Å². The molecule has 3 rings (SSSR count). The van der Waals surface area contributed by atoms with Gasteiger partial charge < -0.3 is 20.5 Å². The first-order valence-corrected chi connectivity index (χ1v) is 8.45. The lowest BCUT2D eigenvalue weighted by atomic mass is 10.0. The molecular weight excluding hydrogens is 358 g/mol. The van der Waals surface area contributed by atoms with Crippen molar-refractivity contribution < 1.29 is 19.4 Å². The van der Waals surface area contributed by atoms with Gasteiger partial charge in [0.1, 0.15) is 11.6 Å². The molecule has 0 unspecified atom stereocenters. The van der Waals surface area contributed by atoms with Gasteiger partial charge in [-0.05, 0) is 41.5 Å². The average molecular weight is 377 g/mol. The number of nitrogens with one attached hydrogen (secondary N) is 1. The second-order valence-electron chi connectivity index (χ2n) is 6.15. The van der Waals surface area contributed by atoms with Crippen molar-refractivity contribution in [1.29, 1.82) is 5.41 Å². The van der Waals surface area contributed by atoms with Gasteiger partial charge in [-0.25, -0.2) is 4.79 Å². The summed E-state index contributed by atoms with van der Waals surface area (Å²) >= 11 is 0. The molecule has 0 aliphatic carbocycles. The van der Waals surface area contributed by atoms with Crippen LogP contribution < -0.4 is 10.6 Å². The van der Waals surface area contributed by atoms with Gasteiger partial charge >= 0.3 is 5.97 Å². The first-order valence-electron chi connectivity index (χ1n) is 8.45. The van der Waals surface area contributed by atoms with E-state index in [9.17, 15) is 9.59 Å². The number of rotatable bonds is 6. The number of carbonyl (C=O) groups excluding carboxylic acids is 1. The second kappa shape index (κ2) is 7.79. The minimum atomic E-state index is -1.02. The number of hydrogen-bond donors (Lipinski definition) is 3. The van der Waals surface area contributed by atoms with Gasteiger partial charge in [0.25, 0.3) is 5.91 Å². The minimum Gasteiger partial charge on any atom is -0.498 e. The number of nitrogens with two attached hydrogens (primary N) is 1. The number of nitrogens with zero attached hydrogens (tertiary/aromatic N) is 1. The molecule has 1 heterocycles. The molecule has 2 aromatic carbocycles. The number of carboxylic acid groups (broad SMARTS) is 1. The number of ether oxygens (including phenoxy) is 1. The van der Waals surface area contributed by atoms with E-state index in [2.05, 4.69) is 0 Å². The number of carbonyl (C=O) groups is 2. The molecule has 4 N–H and O–H groups in total. The largest absolute Gasteiger partial charge is 0.498 e. The third kappa shape index (κ3) is 3.78. The topological polar surface area (TPSA) is 117 Å². The molecule has 0 bridgehead atoms. The number of amides is 1. The molecule has 1 aliphatic heterocycles. The normalized spacial score (nSPS) is 14.0. The molecular formula is C21H19N3O4. The maximum Gasteiger partial charge on any atom is 0.328 e. The first kappa shape index (κ1) is 18.9. The highest BCUT2D eigenvalue weighted by Gasteiger charge is 2.33. The van der Waals surface area contributed by atoms with Crippen molar-refractivity contribution >= 4 is 35.0 Å². The zero-order valence-corrected chi connectivity index (χ0v) is 15.2. The fourth-order valence-corrected chi connectivity index (χ4v) is 2.96. The van der Waals surface area contributed by atoms with Crippen molar-refractivity contribution in [2.24, 2.45) is 5.73 Å². The molecule has 7 heteroatoms. The van der Waals surface area contributed by atoms with Crippen LogP contribution >= 0.6 is 0 Å². The summed E-state index contributed by atoms with van der Waals surface area (Å²) in [5.74, 6) is -0.700. The van der Waals surface area contributed by atoms with Gasteiger partial charge in [0.15, 0.2) is 0 Å². The Morgan fingerprint density at radius 3 is 2.36 bits per heavy atom. The Balaban J connectivity index is 1.87. The van der Waals surface area contributed by atoms with E-state index in [4.69, 9.17) is 21.0 Å². The molecule has 142 valence electrons. The van der Waals surface area contributed by atoms with Gasteiger partial charge in [0, 0.05) is 17.3 Å². The second-order valence-corrected chi connectivity index (χ2v) is 6.15. The fraction of sp³-hybridized carbons (Fsp3) is 0.0952. The van der Waals surface area contributed by atoms with E-state index in [1.807, 2.05) is 0 Å². The summed E-state index contributed by atoms with van der Waals surface area (Å²) in [6.45, 7) is 0.296. The lowest BCUT2D eigenvalue weighted by Gasteiger charge is -2.17. The molecule has 0 aromatic heterocycles. The molecule has 28 heavy (non-hydrogen) atoms.